The van der Waals surface area contributed by atoms with Crippen molar-refractivity contribution in [3.05, 3.63) is 60.4 Å². The first kappa shape index (κ1) is 26.7. The molecular formula is C25H24FN7O7. The number of nitrogens with zero attached hydrogens (tertiary/aromatic N) is 6. The number of rotatable bonds is 10. The fourth-order valence-corrected chi connectivity index (χ4v) is 4.22. The summed E-state index contributed by atoms with van der Waals surface area (Å²) in [4.78, 5) is 45.8. The number of aliphatic carboxylic acids is 1. The second-order valence-electron chi connectivity index (χ2n) is 9.14. The molecule has 4 heterocycles. The first-order valence-electron chi connectivity index (χ1n) is 12.2. The zero-order chi connectivity index (χ0) is 28.2. The third-order valence-electron chi connectivity index (χ3n) is 6.21. The number of amides is 1. The zero-order valence-electron chi connectivity index (χ0n) is 20.9. The number of carboxylic acids is 1. The molecule has 2 aromatic heterocycles. The molecule has 1 fully saturated rings. The highest BCUT2D eigenvalue weighted by Crippen LogP contribution is 2.29. The standard InChI is InChI=1S/C25H24FN7O7/c26-19-7-15(33-12-17(39-25(33)37)11-32-6-5-29-31-32)2-3-18(19)14-1-4-21(28-10-14)22-8-16(40-30-22)13-38-24(36)20(27)9-23(34)35/h1-7,10,16-17,20H,8-9,11-13,27H2,(H,34,35)/t16-,17?,20-/m0/s1. The summed E-state index contributed by atoms with van der Waals surface area (Å²) in [6, 6.07) is 6.54. The summed E-state index contributed by atoms with van der Waals surface area (Å²) in [6.07, 6.45) is 2.84. The van der Waals surface area contributed by atoms with E-state index in [1.54, 1.807) is 35.1 Å². The van der Waals surface area contributed by atoms with Gasteiger partial charge in [0.25, 0.3) is 0 Å². The SMILES string of the molecule is N[C@@H](CC(=O)O)C(=O)OC[C@@H]1CC(c2ccc(-c3ccc(N4CC(Cn5ccnn5)OC4=O)cc3F)cn2)=NO1. The molecule has 1 aromatic carbocycles. The number of oxime groups is 1. The molecule has 0 radical (unpaired) electrons. The molecule has 2 aliphatic heterocycles. The number of benzene rings is 1. The lowest BCUT2D eigenvalue weighted by molar-refractivity contribution is -0.152. The molecule has 3 atom stereocenters. The number of carboxylic acid groups (broad SMARTS) is 1. The van der Waals surface area contributed by atoms with Crippen LogP contribution in [0.25, 0.3) is 11.1 Å². The summed E-state index contributed by atoms with van der Waals surface area (Å²) in [7, 11) is 0. The van der Waals surface area contributed by atoms with Gasteiger partial charge in [-0.25, -0.2) is 13.9 Å². The lowest BCUT2D eigenvalue weighted by Gasteiger charge is -2.14. The minimum Gasteiger partial charge on any atom is -0.481 e. The van der Waals surface area contributed by atoms with Gasteiger partial charge in [-0.1, -0.05) is 16.4 Å². The average Bonchev–Trinajstić information content (AvgIpc) is 3.69. The molecule has 5 rings (SSSR count). The number of aromatic nitrogens is 4. The van der Waals surface area contributed by atoms with Gasteiger partial charge in [-0.2, -0.15) is 0 Å². The molecule has 2 aliphatic rings. The van der Waals surface area contributed by atoms with Gasteiger partial charge in [0, 0.05) is 29.9 Å². The molecular weight excluding hydrogens is 529 g/mol. The van der Waals surface area contributed by atoms with Crippen molar-refractivity contribution in [2.24, 2.45) is 10.9 Å². The Hall–Kier alpha value is -4.92. The van der Waals surface area contributed by atoms with E-state index in [0.717, 1.165) is 0 Å². The Morgan fingerprint density at radius 2 is 2.10 bits per heavy atom. The van der Waals surface area contributed by atoms with Crippen molar-refractivity contribution in [2.45, 2.75) is 37.6 Å². The molecule has 0 aliphatic carbocycles. The molecule has 15 heteroatoms. The van der Waals surface area contributed by atoms with Crippen molar-refractivity contribution in [3.63, 3.8) is 0 Å². The summed E-state index contributed by atoms with van der Waals surface area (Å²) in [5, 5.41) is 20.3. The van der Waals surface area contributed by atoms with Crippen LogP contribution in [0.1, 0.15) is 18.5 Å². The fraction of sp³-hybridized carbons (Fsp3) is 0.320. The number of carbonyl (C=O) groups excluding carboxylic acids is 2. The maximum atomic E-state index is 15.1. The second kappa shape index (κ2) is 11.4. The largest absolute Gasteiger partial charge is 0.481 e. The van der Waals surface area contributed by atoms with Gasteiger partial charge in [0.15, 0.2) is 6.10 Å². The van der Waals surface area contributed by atoms with Crippen LogP contribution in [0.5, 0.6) is 0 Å². The molecule has 14 nitrogen and oxygen atoms in total. The lowest BCUT2D eigenvalue weighted by Crippen LogP contribution is -2.36. The number of hydrogen-bond acceptors (Lipinski definition) is 11. The number of halogens is 1. The molecule has 0 bridgehead atoms. The van der Waals surface area contributed by atoms with Gasteiger partial charge in [0.05, 0.1) is 37.1 Å². The van der Waals surface area contributed by atoms with E-state index in [1.807, 2.05) is 0 Å². The Kier molecular flexibility index (Phi) is 7.63. The van der Waals surface area contributed by atoms with Crippen LogP contribution in [0.2, 0.25) is 0 Å². The first-order chi connectivity index (χ1) is 19.3. The third-order valence-corrected chi connectivity index (χ3v) is 6.21. The summed E-state index contributed by atoms with van der Waals surface area (Å²) in [5.74, 6) is -2.59. The smallest absolute Gasteiger partial charge is 0.414 e. The number of nitrogens with two attached hydrogens (primary N) is 1. The number of esters is 1. The lowest BCUT2D eigenvalue weighted by atomic mass is 10.0. The van der Waals surface area contributed by atoms with Crippen LogP contribution in [0, 0.1) is 5.82 Å². The molecule has 3 N–H and O–H groups in total. The van der Waals surface area contributed by atoms with E-state index in [0.29, 0.717) is 41.2 Å². The maximum absolute atomic E-state index is 15.1. The van der Waals surface area contributed by atoms with Crippen LogP contribution in [-0.4, -0.2) is 80.2 Å². The Morgan fingerprint density at radius 3 is 2.80 bits per heavy atom. The van der Waals surface area contributed by atoms with E-state index >= 15 is 4.39 Å². The van der Waals surface area contributed by atoms with E-state index in [-0.39, 0.29) is 13.2 Å². The number of carbonyl (C=O) groups is 3. The molecule has 1 amide bonds. The molecule has 3 aromatic rings. The number of anilines is 1. The van der Waals surface area contributed by atoms with Gasteiger partial charge in [0.1, 0.15) is 30.3 Å². The van der Waals surface area contributed by atoms with Crippen molar-refractivity contribution in [2.75, 3.05) is 18.1 Å². The Balaban J connectivity index is 1.17. The Bertz CT molecular complexity index is 1430. The van der Waals surface area contributed by atoms with E-state index in [1.165, 1.54) is 23.4 Å². The molecule has 0 saturated carbocycles. The van der Waals surface area contributed by atoms with Gasteiger partial charge in [0.2, 0.25) is 0 Å². The predicted molar refractivity (Wildman–Crippen MR) is 134 cm³/mol. The van der Waals surface area contributed by atoms with Gasteiger partial charge in [-0.05, 0) is 24.3 Å². The topological polar surface area (TPSA) is 184 Å². The van der Waals surface area contributed by atoms with Crippen LogP contribution in [0.3, 0.4) is 0 Å². The summed E-state index contributed by atoms with van der Waals surface area (Å²) in [5.41, 5.74) is 7.65. The van der Waals surface area contributed by atoms with Crippen LogP contribution < -0.4 is 10.6 Å². The van der Waals surface area contributed by atoms with Crippen LogP contribution in [0.4, 0.5) is 14.9 Å². The number of hydrogen-bond donors (Lipinski definition) is 2. The van der Waals surface area contributed by atoms with E-state index < -0.39 is 48.5 Å². The van der Waals surface area contributed by atoms with Crippen LogP contribution >= 0.6 is 0 Å². The first-order valence-corrected chi connectivity index (χ1v) is 12.2. The summed E-state index contributed by atoms with van der Waals surface area (Å²) >= 11 is 0. The molecule has 208 valence electrons. The highest BCUT2D eigenvalue weighted by Gasteiger charge is 2.33. The zero-order valence-corrected chi connectivity index (χ0v) is 20.9. The molecule has 1 saturated heterocycles. The number of pyridine rings is 1. The molecule has 40 heavy (non-hydrogen) atoms. The summed E-state index contributed by atoms with van der Waals surface area (Å²) in [6.45, 7) is 0.428. The average molecular weight is 554 g/mol. The highest BCUT2D eigenvalue weighted by atomic mass is 19.1. The highest BCUT2D eigenvalue weighted by molar-refractivity contribution is 6.00. The quantitative estimate of drug-likeness (QED) is 0.345. The van der Waals surface area contributed by atoms with E-state index in [9.17, 15) is 14.4 Å². The molecule has 0 spiro atoms. The van der Waals surface area contributed by atoms with Crippen molar-refractivity contribution in [1.29, 1.82) is 0 Å². The second-order valence-corrected chi connectivity index (χ2v) is 9.14. The van der Waals surface area contributed by atoms with E-state index in [4.69, 9.17) is 25.2 Å². The van der Waals surface area contributed by atoms with E-state index in [2.05, 4.69) is 20.5 Å². The predicted octanol–water partition coefficient (Wildman–Crippen LogP) is 1.34. The summed E-state index contributed by atoms with van der Waals surface area (Å²) < 4.78 is 27.0. The minimum absolute atomic E-state index is 0.152. The van der Waals surface area contributed by atoms with Crippen LogP contribution in [0.15, 0.2) is 54.1 Å². The van der Waals surface area contributed by atoms with Gasteiger partial charge >= 0.3 is 18.0 Å². The van der Waals surface area contributed by atoms with Crippen molar-refractivity contribution < 1.29 is 38.2 Å². The maximum Gasteiger partial charge on any atom is 0.414 e. The minimum atomic E-state index is -1.27. The normalized spacial score (nSPS) is 19.1. The third kappa shape index (κ3) is 6.04. The van der Waals surface area contributed by atoms with Gasteiger partial charge in [-0.15, -0.1) is 5.10 Å². The Morgan fingerprint density at radius 1 is 1.25 bits per heavy atom. The molecule has 1 unspecified atom stereocenters. The van der Waals surface area contributed by atoms with Crippen molar-refractivity contribution >= 4 is 29.4 Å². The number of cyclic esters (lactones) is 1. The van der Waals surface area contributed by atoms with Gasteiger partial charge < -0.3 is 25.2 Å². The van der Waals surface area contributed by atoms with Crippen molar-refractivity contribution in [1.82, 2.24) is 20.0 Å². The van der Waals surface area contributed by atoms with Crippen LogP contribution in [-0.2, 0) is 30.4 Å². The number of ether oxygens (including phenoxy) is 2. The monoisotopic (exact) mass is 553 g/mol. The Labute approximate surface area is 226 Å². The van der Waals surface area contributed by atoms with Gasteiger partial charge in [-0.3, -0.25) is 19.5 Å². The fourth-order valence-electron chi connectivity index (χ4n) is 4.22. The van der Waals surface area contributed by atoms with Crippen molar-refractivity contribution in [3.8, 4) is 11.1 Å².